The molecule has 2 N–H and O–H groups in total. The van der Waals surface area contributed by atoms with Crippen LogP contribution < -0.4 is 5.73 Å². The Hall–Kier alpha value is 0.250. The van der Waals surface area contributed by atoms with Gasteiger partial charge in [-0.3, -0.25) is 0 Å². The Kier molecular flexibility index (Phi) is 1.24. The molecule has 0 unspecified atom stereocenters. The van der Waals surface area contributed by atoms with Crippen molar-refractivity contribution in [3.63, 3.8) is 0 Å². The largest absolute Gasteiger partial charge is 0.326 e. The molecule has 0 aromatic carbocycles. The van der Waals surface area contributed by atoms with Crippen molar-refractivity contribution in [1.82, 2.24) is 0 Å². The summed E-state index contributed by atoms with van der Waals surface area (Å²) < 4.78 is 0. The Balaban J connectivity index is 2.15. The van der Waals surface area contributed by atoms with Crippen molar-refractivity contribution in [2.45, 2.75) is 30.7 Å². The molecule has 2 heteroatoms. The predicted octanol–water partition coefficient (Wildman–Crippen LogP) is 1.35. The Morgan fingerprint density at radius 1 is 1.22 bits per heavy atom. The molecule has 2 fully saturated rings. The van der Waals surface area contributed by atoms with Gasteiger partial charge in [0.05, 0.1) is 5.38 Å². The summed E-state index contributed by atoms with van der Waals surface area (Å²) in [6.07, 6.45) is 3.96. The summed E-state index contributed by atoms with van der Waals surface area (Å²) in [5.41, 5.74) is 5.83. The van der Waals surface area contributed by atoms with Gasteiger partial charge in [0.25, 0.3) is 0 Å². The van der Waals surface area contributed by atoms with Gasteiger partial charge in [0.1, 0.15) is 0 Å². The summed E-state index contributed by atoms with van der Waals surface area (Å²) in [4.78, 5) is 0. The highest BCUT2D eigenvalue weighted by Gasteiger charge is 2.44. The lowest BCUT2D eigenvalue weighted by molar-refractivity contribution is 0.424. The number of fused-ring (bicyclic) bond motifs is 2. The highest BCUT2D eigenvalue weighted by molar-refractivity contribution is 6.21. The van der Waals surface area contributed by atoms with Gasteiger partial charge >= 0.3 is 0 Å². The van der Waals surface area contributed by atoms with Crippen LogP contribution in [0.2, 0.25) is 0 Å². The van der Waals surface area contributed by atoms with E-state index in [9.17, 15) is 0 Å². The van der Waals surface area contributed by atoms with Gasteiger partial charge in [-0.25, -0.2) is 0 Å². The first-order valence-electron chi connectivity index (χ1n) is 3.68. The molecular weight excluding hydrogens is 134 g/mol. The molecule has 2 aliphatic carbocycles. The van der Waals surface area contributed by atoms with Crippen molar-refractivity contribution in [3.05, 3.63) is 0 Å². The van der Waals surface area contributed by atoms with E-state index < -0.39 is 0 Å². The van der Waals surface area contributed by atoms with Gasteiger partial charge in [-0.2, -0.15) is 0 Å². The van der Waals surface area contributed by atoms with Crippen LogP contribution in [0.3, 0.4) is 0 Å². The zero-order valence-corrected chi connectivity index (χ0v) is 6.14. The third-order valence-corrected chi connectivity index (χ3v) is 3.52. The molecule has 0 saturated heterocycles. The van der Waals surface area contributed by atoms with Crippen LogP contribution in [0, 0.1) is 11.8 Å². The summed E-state index contributed by atoms with van der Waals surface area (Å²) in [5.74, 6) is 1.52. The van der Waals surface area contributed by atoms with Gasteiger partial charge in [-0.15, -0.1) is 11.6 Å². The molecule has 2 rings (SSSR count). The molecule has 2 bridgehead atoms. The molecule has 0 amide bonds. The Bertz CT molecular complexity index is 108. The van der Waals surface area contributed by atoms with E-state index in [0.717, 1.165) is 11.8 Å². The molecule has 0 aromatic heterocycles. The topological polar surface area (TPSA) is 26.0 Å². The van der Waals surface area contributed by atoms with E-state index in [0.29, 0.717) is 11.4 Å². The van der Waals surface area contributed by atoms with Crippen molar-refractivity contribution in [3.8, 4) is 0 Å². The molecule has 52 valence electrons. The fourth-order valence-corrected chi connectivity index (χ4v) is 2.70. The summed E-state index contributed by atoms with van der Waals surface area (Å²) in [6.45, 7) is 0. The van der Waals surface area contributed by atoms with E-state index in [-0.39, 0.29) is 0 Å². The van der Waals surface area contributed by atoms with E-state index in [1.54, 1.807) is 0 Å². The number of hydrogen-bond acceptors (Lipinski definition) is 1. The molecule has 0 heterocycles. The lowest BCUT2D eigenvalue weighted by Gasteiger charge is -2.21. The quantitative estimate of drug-likeness (QED) is 0.512. The van der Waals surface area contributed by atoms with Gasteiger partial charge < -0.3 is 5.73 Å². The minimum Gasteiger partial charge on any atom is -0.326 e. The van der Waals surface area contributed by atoms with E-state index >= 15 is 0 Å². The predicted molar refractivity (Wildman–Crippen MR) is 38.4 cm³/mol. The molecule has 4 atom stereocenters. The van der Waals surface area contributed by atoms with Gasteiger partial charge in [0, 0.05) is 6.04 Å². The van der Waals surface area contributed by atoms with E-state index in [1.807, 2.05) is 0 Å². The average Bonchev–Trinajstić information content (AvgIpc) is 2.37. The molecule has 2 saturated carbocycles. The van der Waals surface area contributed by atoms with E-state index in [4.69, 9.17) is 17.3 Å². The number of rotatable bonds is 0. The SMILES string of the molecule is N[C@@H]1[C@H]2CC[C@H](C2)[C@H]1Cl. The molecule has 2 aliphatic rings. The third kappa shape index (κ3) is 0.714. The normalized spacial score (nSPS) is 56.7. The maximum Gasteiger partial charge on any atom is 0.0518 e. The van der Waals surface area contributed by atoms with Gasteiger partial charge in [-0.05, 0) is 31.1 Å². The lowest BCUT2D eigenvalue weighted by atomic mass is 9.96. The minimum atomic E-state index is 0.295. The first-order valence-corrected chi connectivity index (χ1v) is 4.12. The van der Waals surface area contributed by atoms with Crippen LogP contribution in [0.4, 0.5) is 0 Å². The van der Waals surface area contributed by atoms with Crippen LogP contribution in [0.25, 0.3) is 0 Å². The Labute approximate surface area is 60.6 Å². The summed E-state index contributed by atoms with van der Waals surface area (Å²) in [5, 5.41) is 0.295. The average molecular weight is 146 g/mol. The first kappa shape index (κ1) is 5.99. The fraction of sp³-hybridized carbons (Fsp3) is 1.00. The first-order chi connectivity index (χ1) is 4.29. The second-order valence-electron chi connectivity index (χ2n) is 3.35. The smallest absolute Gasteiger partial charge is 0.0518 e. The zero-order chi connectivity index (χ0) is 6.43. The maximum atomic E-state index is 6.03. The molecule has 0 spiro atoms. The molecule has 9 heavy (non-hydrogen) atoms. The zero-order valence-electron chi connectivity index (χ0n) is 5.39. The van der Waals surface area contributed by atoms with Crippen LogP contribution in [0.1, 0.15) is 19.3 Å². The number of alkyl halides is 1. The van der Waals surface area contributed by atoms with Crippen LogP contribution in [-0.4, -0.2) is 11.4 Å². The van der Waals surface area contributed by atoms with Crippen LogP contribution >= 0.6 is 11.6 Å². The maximum absolute atomic E-state index is 6.03. The van der Waals surface area contributed by atoms with E-state index in [1.165, 1.54) is 19.3 Å². The highest BCUT2D eigenvalue weighted by atomic mass is 35.5. The standard InChI is InChI=1S/C7H12ClN/c8-6-4-1-2-5(3-4)7(6)9/h4-7H,1-3,9H2/t4-,5+,6-,7-/m1/s1. The molecule has 1 nitrogen and oxygen atoms in total. The van der Waals surface area contributed by atoms with Crippen LogP contribution in [-0.2, 0) is 0 Å². The molecule has 0 aromatic rings. The number of nitrogens with two attached hydrogens (primary N) is 1. The monoisotopic (exact) mass is 145 g/mol. The van der Waals surface area contributed by atoms with E-state index in [2.05, 4.69) is 0 Å². The van der Waals surface area contributed by atoms with Crippen molar-refractivity contribution in [1.29, 1.82) is 0 Å². The summed E-state index contributed by atoms with van der Waals surface area (Å²) in [6, 6.07) is 0.311. The Morgan fingerprint density at radius 3 is 2.22 bits per heavy atom. The Morgan fingerprint density at radius 2 is 1.89 bits per heavy atom. The highest BCUT2D eigenvalue weighted by Crippen LogP contribution is 2.46. The van der Waals surface area contributed by atoms with Gasteiger partial charge in [-0.1, -0.05) is 0 Å². The van der Waals surface area contributed by atoms with Gasteiger partial charge in [0.2, 0.25) is 0 Å². The van der Waals surface area contributed by atoms with Crippen molar-refractivity contribution in [2.24, 2.45) is 17.6 Å². The van der Waals surface area contributed by atoms with Gasteiger partial charge in [0.15, 0.2) is 0 Å². The number of halogens is 1. The molecular formula is C7H12ClN. The summed E-state index contributed by atoms with van der Waals surface area (Å²) in [7, 11) is 0. The minimum absolute atomic E-state index is 0.295. The van der Waals surface area contributed by atoms with Crippen LogP contribution in [0.15, 0.2) is 0 Å². The van der Waals surface area contributed by atoms with Crippen molar-refractivity contribution >= 4 is 11.6 Å². The van der Waals surface area contributed by atoms with Crippen molar-refractivity contribution < 1.29 is 0 Å². The fourth-order valence-electron chi connectivity index (χ4n) is 2.27. The lowest BCUT2D eigenvalue weighted by Crippen LogP contribution is -2.36. The van der Waals surface area contributed by atoms with Crippen molar-refractivity contribution in [2.75, 3.05) is 0 Å². The second-order valence-corrected chi connectivity index (χ2v) is 3.86. The molecule has 0 aliphatic heterocycles. The summed E-state index contributed by atoms with van der Waals surface area (Å²) >= 11 is 6.03. The number of hydrogen-bond donors (Lipinski definition) is 1. The third-order valence-electron chi connectivity index (χ3n) is 2.88. The van der Waals surface area contributed by atoms with Crippen LogP contribution in [0.5, 0.6) is 0 Å². The second kappa shape index (κ2) is 1.86. The molecule has 0 radical (unpaired) electrons.